The van der Waals surface area contributed by atoms with Crippen molar-refractivity contribution in [3.05, 3.63) is 196 Å². The monoisotopic (exact) mass is 1850 g/mol. The maximum absolute atomic E-state index is 12.6. The lowest BCUT2D eigenvalue weighted by Crippen LogP contribution is -2.67. The number of fused-ring (bicyclic) bond motifs is 4. The van der Waals surface area contributed by atoms with Gasteiger partial charge < -0.3 is 118 Å². The normalized spacial score (nSPS) is 25.3. The maximum atomic E-state index is 12.6. The van der Waals surface area contributed by atoms with Gasteiger partial charge in [-0.1, -0.05) is 163 Å². The Balaban J connectivity index is 0.000000155. The van der Waals surface area contributed by atoms with E-state index in [-0.39, 0.29) is 41.7 Å². The molecule has 4 aliphatic rings. The molecule has 40 heteroatoms. The first-order valence-electron chi connectivity index (χ1n) is 42.7. The number of nitrogens with one attached hydrogen (secondary N) is 2. The lowest BCUT2D eigenvalue weighted by atomic mass is 9.95. The fraction of sp³-hybridized carbons (Fsp3) is 0.413. The van der Waals surface area contributed by atoms with E-state index in [1.54, 1.807) is 88.1 Å². The van der Waals surface area contributed by atoms with Gasteiger partial charge in [-0.15, -0.1) is 0 Å². The molecule has 4 aromatic carbocycles. The van der Waals surface area contributed by atoms with E-state index >= 15 is 0 Å². The van der Waals surface area contributed by atoms with E-state index < -0.39 is 143 Å². The van der Waals surface area contributed by atoms with E-state index in [1.165, 1.54) is 73.8 Å². The molecule has 4 fully saturated rings. The van der Waals surface area contributed by atoms with Crippen LogP contribution in [0.15, 0.2) is 196 Å². The number of amides is 2. The summed E-state index contributed by atoms with van der Waals surface area (Å²) in [4.78, 5) is 105. The van der Waals surface area contributed by atoms with Gasteiger partial charge in [0, 0.05) is 66.3 Å². The fourth-order valence-electron chi connectivity index (χ4n) is 18.2. The van der Waals surface area contributed by atoms with Crippen LogP contribution < -0.4 is 42.8 Å². The Morgan fingerprint density at radius 1 is 0.402 bits per heavy atom. The summed E-state index contributed by atoms with van der Waals surface area (Å²) in [6, 6.07) is 47.8. The Kier molecular flexibility index (Phi) is 28.7. The van der Waals surface area contributed by atoms with Crippen LogP contribution in [0.5, 0.6) is 0 Å². The number of carbonyl (C=O) groups is 6. The first-order chi connectivity index (χ1) is 62.5. The third-order valence-electron chi connectivity index (χ3n) is 24.0. The highest BCUT2D eigenvalue weighted by atomic mass is 28.4. The van der Waals surface area contributed by atoms with Crippen LogP contribution in [0.25, 0.3) is 44.1 Å². The number of anilines is 4. The molecule has 0 spiro atoms. The molecule has 4 aliphatic heterocycles. The number of benzene rings is 4. The van der Waals surface area contributed by atoms with Crippen LogP contribution in [0.4, 0.5) is 23.3 Å². The van der Waals surface area contributed by atoms with Gasteiger partial charge in [0.2, 0.25) is 11.8 Å². The maximum Gasteiger partial charge on any atom is 0.303 e. The van der Waals surface area contributed by atoms with E-state index in [1.807, 2.05) is 72.8 Å². The van der Waals surface area contributed by atoms with E-state index in [2.05, 4.69) is 141 Å². The summed E-state index contributed by atoms with van der Waals surface area (Å²) < 4.78 is 68.0. The minimum Gasteiger partial charge on any atom is -0.455 e. The molecule has 0 aliphatic carbocycles. The van der Waals surface area contributed by atoms with Gasteiger partial charge in [-0.25, -0.2) is 39.9 Å². The summed E-state index contributed by atoms with van der Waals surface area (Å²) in [7, 11) is -5.86. The molecule has 12 heterocycles. The number of nitrogens with zero attached hydrogens (tertiary/aromatic N) is 12. The number of rotatable bonds is 22. The Morgan fingerprint density at radius 3 is 1.01 bits per heavy atom. The minimum absolute atomic E-state index is 0.0317. The third kappa shape index (κ3) is 18.9. The van der Waals surface area contributed by atoms with E-state index in [4.69, 9.17) is 58.2 Å². The van der Waals surface area contributed by atoms with Gasteiger partial charge in [0.15, 0.2) is 48.3 Å². The van der Waals surface area contributed by atoms with Crippen LogP contribution in [-0.2, 0) is 75.5 Å². The highest BCUT2D eigenvalue weighted by Crippen LogP contribution is 2.50. The molecular weight excluding hydrogens is 1740 g/mol. The standard InChI is InChI=1S/C34H40N4O7Si.C28H34N4O4Si.C18H22N4O7.C12H16N4O4/c1-22(39)37-30-27-18-19-38(31(27)36-21-35-30)32-34(7,45-24(3)41)29(43-23(2)40)28(44-32)20-42-46(33(4,5)6,25-14-10-8-11-15-25)26-16-12-9-13-17-26;1-27(2,3)37(19-11-7-5-8-12-19,20-13-9-6-10-14-20)35-17-22-23(33)28(4,34)26(36-22)32-16-15-21-24(29)30-18-31-25(21)32;1-9(24)21-15-12-5-6-22(16(12)20-8-19-15)17-18(4,29-11(3)26)14(27-10(2)25)13(7-23)28-17;1-12(19)8(18)7(4-17)20-11(12)16-3-2-6-9(13)14-5-15-10(6)16/h8-19,21,28-29,32H,20H2,1-7H3,(H,35,36,37,39);5-16,18,22-23,26,33-34H,17H2,1-4H3,(H2,29,30,31);5-6,8,13-14,17,23H,7H2,1-4H3,(H,19,20,21,24);2-3,5,7-8,11,17-19H,4H2,1H3,(H2,13,14,15)/t28-,29+,32-,34?;22-,23+,26-,28?;13-,14+,17-,18?;7-,8+,11-,12?/m1111/s1. The molecule has 12 N–H and O–H groups in total. The Hall–Kier alpha value is -12.3. The number of ether oxygens (including phenoxy) is 8. The van der Waals surface area contributed by atoms with Crippen molar-refractivity contribution >= 4 is 140 Å². The topological polar surface area (TPSA) is 515 Å². The van der Waals surface area contributed by atoms with E-state index in [9.17, 15) is 59.4 Å². The lowest BCUT2D eigenvalue weighted by Gasteiger charge is -2.43. The van der Waals surface area contributed by atoms with Gasteiger partial charge in [-0.3, -0.25) is 28.8 Å². The zero-order chi connectivity index (χ0) is 95.5. The van der Waals surface area contributed by atoms with Gasteiger partial charge >= 0.3 is 23.9 Å². The van der Waals surface area contributed by atoms with Crippen molar-refractivity contribution in [1.82, 2.24) is 58.1 Å². The smallest absolute Gasteiger partial charge is 0.303 e. The molecule has 16 atom stereocenters. The van der Waals surface area contributed by atoms with Crippen molar-refractivity contribution in [2.75, 3.05) is 48.5 Å². The number of carbonyl (C=O) groups excluding carboxylic acids is 6. The number of nitrogen functional groups attached to an aromatic ring is 2. The number of aromatic nitrogens is 12. The molecule has 8 aromatic heterocycles. The summed E-state index contributed by atoms with van der Waals surface area (Å²) >= 11 is 0. The predicted molar refractivity (Wildman–Crippen MR) is 489 cm³/mol. The molecule has 0 saturated carbocycles. The summed E-state index contributed by atoms with van der Waals surface area (Å²) in [6.45, 7) is 26.4. The Labute approximate surface area is 762 Å². The first kappa shape index (κ1) is 97.3. The number of hydrogen-bond donors (Lipinski definition) is 10. The molecule has 132 heavy (non-hydrogen) atoms. The van der Waals surface area contributed by atoms with Crippen LogP contribution in [0, 0.1) is 0 Å². The van der Waals surface area contributed by atoms with Gasteiger partial charge in [0.1, 0.15) is 119 Å². The Bertz CT molecular complexity index is 6040. The van der Waals surface area contributed by atoms with Crippen molar-refractivity contribution in [2.24, 2.45) is 0 Å². The summed E-state index contributed by atoms with van der Waals surface area (Å²) in [6.07, 6.45) is 0.464. The molecule has 2 amide bonds. The second-order valence-corrected chi connectivity index (χ2v) is 44.2. The highest BCUT2D eigenvalue weighted by Gasteiger charge is 2.64. The lowest BCUT2D eigenvalue weighted by molar-refractivity contribution is -0.184. The molecular formula is C92H112N16O22Si2. The minimum atomic E-state index is -3.02. The van der Waals surface area contributed by atoms with Gasteiger partial charge in [0.05, 0.1) is 48.0 Å². The van der Waals surface area contributed by atoms with E-state index in [0.717, 1.165) is 20.7 Å². The van der Waals surface area contributed by atoms with Crippen molar-refractivity contribution in [1.29, 1.82) is 0 Å². The molecule has 16 rings (SSSR count). The Morgan fingerprint density at radius 2 is 0.689 bits per heavy atom. The highest BCUT2D eigenvalue weighted by molar-refractivity contribution is 7.00. The SMILES string of the molecule is CC(=O)Nc1ncnc2c1ccn2[C@@H]1O[C@H](CO)[C@H](OC(C)=O)C1(C)OC(C)=O.CC(=O)Nc1ncnc2c1ccn2[C@@H]1O[C@H](CO[Si](c2ccccc2)(c2ccccc2)C(C)(C)C)[C@H](OC(C)=O)C1(C)OC(C)=O.CC1(O)[C@@H](O)[C@@H](CO)O[C@H]1n1ccc2c(N)ncnc21.CC1(O)[C@@H](O)[C@@H](CO[Si](c2ccccc2)(c2ccccc2)C(C)(C)C)O[C@H]1n1ccc2c(N)ncnc21. The van der Waals surface area contributed by atoms with Crippen LogP contribution in [-0.4, -0.2) is 239 Å². The largest absolute Gasteiger partial charge is 0.455 e. The van der Waals surface area contributed by atoms with Crippen molar-refractivity contribution in [3.8, 4) is 0 Å². The van der Waals surface area contributed by atoms with Crippen molar-refractivity contribution in [2.45, 2.75) is 217 Å². The molecule has 38 nitrogen and oxygen atoms in total. The number of aliphatic hydroxyl groups is 6. The average Bonchev–Trinajstić information content (AvgIpc) is 1.71. The molecule has 700 valence electrons. The zero-order valence-corrected chi connectivity index (χ0v) is 78.0. The zero-order valence-electron chi connectivity index (χ0n) is 76.0. The average molecular weight is 1850 g/mol. The molecule has 0 radical (unpaired) electrons. The molecule has 4 unspecified atom stereocenters. The molecule has 4 saturated heterocycles. The van der Waals surface area contributed by atoms with Crippen LogP contribution in [0.2, 0.25) is 10.1 Å². The van der Waals surface area contributed by atoms with Gasteiger partial charge in [-0.05, 0) is 82.8 Å². The summed E-state index contributed by atoms with van der Waals surface area (Å²) in [5, 5.41) is 73.6. The van der Waals surface area contributed by atoms with Crippen molar-refractivity contribution in [3.63, 3.8) is 0 Å². The third-order valence-corrected chi connectivity index (χ3v) is 34.0. The first-order valence-corrected chi connectivity index (χ1v) is 46.5. The summed E-state index contributed by atoms with van der Waals surface area (Å²) in [5.74, 6) is -1.64. The van der Waals surface area contributed by atoms with Gasteiger partial charge in [-0.2, -0.15) is 0 Å². The van der Waals surface area contributed by atoms with Gasteiger partial charge in [0.25, 0.3) is 16.6 Å². The van der Waals surface area contributed by atoms with E-state index in [0.29, 0.717) is 67.4 Å². The quantitative estimate of drug-likeness (QED) is 0.0203. The molecule has 0 bridgehead atoms. The second kappa shape index (κ2) is 38.9. The molecule has 12 aromatic rings. The predicted octanol–water partition coefficient (Wildman–Crippen LogP) is 6.26. The number of nitrogens with two attached hydrogens (primary N) is 2. The van der Waals surface area contributed by atoms with Crippen LogP contribution >= 0.6 is 0 Å². The fourth-order valence-corrected chi connectivity index (χ4v) is 27.3. The number of hydrogen-bond acceptors (Lipinski definition) is 32. The van der Waals surface area contributed by atoms with Crippen LogP contribution in [0.3, 0.4) is 0 Å². The summed E-state index contributed by atoms with van der Waals surface area (Å²) in [5.41, 5.74) is 7.53. The second-order valence-electron chi connectivity index (χ2n) is 35.5. The number of aliphatic hydroxyl groups excluding tert-OH is 4. The van der Waals surface area contributed by atoms with Crippen molar-refractivity contribution < 1.29 is 106 Å². The van der Waals surface area contributed by atoms with Crippen LogP contribution in [0.1, 0.15) is 136 Å². The number of esters is 4.